The summed E-state index contributed by atoms with van der Waals surface area (Å²) in [5, 5.41) is 3.69. The van der Waals surface area contributed by atoms with Crippen LogP contribution in [0.3, 0.4) is 0 Å². The lowest BCUT2D eigenvalue weighted by atomic mass is 10.1. The first-order chi connectivity index (χ1) is 13.8. The summed E-state index contributed by atoms with van der Waals surface area (Å²) in [7, 11) is 0. The number of nitrogens with one attached hydrogen (secondary N) is 1. The third kappa shape index (κ3) is 4.92. The van der Waals surface area contributed by atoms with Gasteiger partial charge in [0, 0.05) is 19.6 Å². The summed E-state index contributed by atoms with van der Waals surface area (Å²) >= 11 is 1.31. The predicted molar refractivity (Wildman–Crippen MR) is 109 cm³/mol. The van der Waals surface area contributed by atoms with Crippen molar-refractivity contribution in [1.82, 2.24) is 15.2 Å². The van der Waals surface area contributed by atoms with Crippen molar-refractivity contribution < 1.29 is 13.9 Å². The Morgan fingerprint density at radius 2 is 1.86 bits per heavy atom. The molecule has 0 saturated carbocycles. The number of fused-ring (bicyclic) bond motifs is 1. The molecule has 28 heavy (non-hydrogen) atoms. The highest BCUT2D eigenvalue weighted by Gasteiger charge is 2.20. The smallest absolute Gasteiger partial charge is 0.257 e. The molecule has 1 amide bonds. The summed E-state index contributed by atoms with van der Waals surface area (Å²) in [5.74, 6) is 0.230. The third-order valence-corrected chi connectivity index (χ3v) is 5.51. The molecule has 146 valence electrons. The van der Waals surface area contributed by atoms with Crippen molar-refractivity contribution in [3.63, 3.8) is 0 Å². The number of nitrogens with zero attached hydrogens (tertiary/aromatic N) is 2. The fourth-order valence-electron chi connectivity index (χ4n) is 3.24. The van der Waals surface area contributed by atoms with Crippen LogP contribution >= 0.6 is 11.8 Å². The van der Waals surface area contributed by atoms with Gasteiger partial charge in [0.2, 0.25) is 5.91 Å². The molecular weight excluding hydrogens is 374 g/mol. The number of benzene rings is 2. The molecule has 1 aliphatic heterocycles. The van der Waals surface area contributed by atoms with Crippen LogP contribution in [0.15, 0.2) is 64.2 Å². The topological polar surface area (TPSA) is 67.6 Å². The van der Waals surface area contributed by atoms with Gasteiger partial charge in [0.05, 0.1) is 25.0 Å². The van der Waals surface area contributed by atoms with E-state index in [9.17, 15) is 4.79 Å². The van der Waals surface area contributed by atoms with E-state index >= 15 is 0 Å². The van der Waals surface area contributed by atoms with Gasteiger partial charge in [0.15, 0.2) is 5.58 Å². The summed E-state index contributed by atoms with van der Waals surface area (Å²) < 4.78 is 11.1. The van der Waals surface area contributed by atoms with Crippen LogP contribution in [-0.2, 0) is 9.53 Å². The van der Waals surface area contributed by atoms with E-state index in [2.05, 4.69) is 27.3 Å². The molecule has 1 aliphatic rings. The molecule has 0 spiro atoms. The number of carbonyl (C=O) groups is 1. The maximum atomic E-state index is 12.6. The normalized spacial score (nSPS) is 16.1. The van der Waals surface area contributed by atoms with Crippen LogP contribution in [0, 0.1) is 0 Å². The average Bonchev–Trinajstić information content (AvgIpc) is 3.16. The van der Waals surface area contributed by atoms with Crippen molar-refractivity contribution >= 4 is 28.8 Å². The lowest BCUT2D eigenvalue weighted by Gasteiger charge is -2.31. The van der Waals surface area contributed by atoms with Gasteiger partial charge < -0.3 is 14.5 Å². The number of hydrogen-bond acceptors (Lipinski definition) is 6. The van der Waals surface area contributed by atoms with E-state index in [0.717, 1.165) is 49.5 Å². The molecule has 1 saturated heterocycles. The largest absolute Gasteiger partial charge is 0.431 e. The maximum Gasteiger partial charge on any atom is 0.257 e. The predicted octanol–water partition coefficient (Wildman–Crippen LogP) is 3.11. The minimum absolute atomic E-state index is 0.0330. The van der Waals surface area contributed by atoms with Gasteiger partial charge in [-0.2, -0.15) is 0 Å². The van der Waals surface area contributed by atoms with Crippen molar-refractivity contribution in [2.24, 2.45) is 0 Å². The molecular formula is C21H23N3O3S. The fourth-order valence-corrected chi connectivity index (χ4v) is 3.89. The van der Waals surface area contributed by atoms with E-state index in [0.29, 0.717) is 5.22 Å². The van der Waals surface area contributed by atoms with Gasteiger partial charge in [-0.05, 0) is 17.7 Å². The van der Waals surface area contributed by atoms with E-state index in [1.807, 2.05) is 42.5 Å². The van der Waals surface area contributed by atoms with Crippen LogP contribution in [0.2, 0.25) is 0 Å². The Morgan fingerprint density at radius 1 is 1.11 bits per heavy atom. The van der Waals surface area contributed by atoms with Crippen molar-refractivity contribution in [2.45, 2.75) is 11.3 Å². The molecule has 1 unspecified atom stereocenters. The van der Waals surface area contributed by atoms with Gasteiger partial charge in [-0.15, -0.1) is 0 Å². The van der Waals surface area contributed by atoms with Crippen LogP contribution in [0.25, 0.3) is 11.1 Å². The number of hydrogen-bond donors (Lipinski definition) is 1. The van der Waals surface area contributed by atoms with Gasteiger partial charge in [-0.3, -0.25) is 9.69 Å². The number of amides is 1. The molecule has 2 aromatic carbocycles. The molecule has 1 fully saturated rings. The van der Waals surface area contributed by atoms with Crippen LogP contribution in [0.5, 0.6) is 0 Å². The Hall–Kier alpha value is -2.35. The second kappa shape index (κ2) is 9.23. The summed E-state index contributed by atoms with van der Waals surface area (Å²) in [5.41, 5.74) is 2.65. The minimum atomic E-state index is -0.0592. The number of thioether (sulfide) groups is 1. The molecule has 0 bridgehead atoms. The highest BCUT2D eigenvalue weighted by molar-refractivity contribution is 7.99. The van der Waals surface area contributed by atoms with Crippen molar-refractivity contribution in [3.8, 4) is 0 Å². The number of aromatic nitrogens is 1. The summed E-state index contributed by atoms with van der Waals surface area (Å²) in [6.07, 6.45) is 0. The van der Waals surface area contributed by atoms with Crippen molar-refractivity contribution in [1.29, 1.82) is 0 Å². The molecule has 2 heterocycles. The lowest BCUT2D eigenvalue weighted by Crippen LogP contribution is -2.43. The lowest BCUT2D eigenvalue weighted by molar-refractivity contribution is -0.119. The number of carbonyl (C=O) groups excluding carboxylic acids is 1. The van der Waals surface area contributed by atoms with Gasteiger partial charge in [0.1, 0.15) is 5.52 Å². The van der Waals surface area contributed by atoms with Crippen molar-refractivity contribution in [2.75, 3.05) is 38.6 Å². The molecule has 6 nitrogen and oxygen atoms in total. The first-order valence-corrected chi connectivity index (χ1v) is 10.4. The molecule has 4 rings (SSSR count). The molecule has 7 heteroatoms. The minimum Gasteiger partial charge on any atom is -0.431 e. The number of rotatable bonds is 7. The highest BCUT2D eigenvalue weighted by Crippen LogP contribution is 2.23. The number of para-hydroxylation sites is 2. The third-order valence-electron chi connectivity index (χ3n) is 4.68. The quantitative estimate of drug-likeness (QED) is 0.618. The molecule has 3 aromatic rings. The Balaban J connectivity index is 1.38. The van der Waals surface area contributed by atoms with E-state index < -0.39 is 0 Å². The van der Waals surface area contributed by atoms with E-state index in [-0.39, 0.29) is 17.7 Å². The van der Waals surface area contributed by atoms with Crippen molar-refractivity contribution in [3.05, 3.63) is 60.2 Å². The molecule has 1 atom stereocenters. The Morgan fingerprint density at radius 3 is 2.64 bits per heavy atom. The summed E-state index contributed by atoms with van der Waals surface area (Å²) in [4.78, 5) is 19.4. The Labute approximate surface area is 168 Å². The van der Waals surface area contributed by atoms with E-state index in [4.69, 9.17) is 9.15 Å². The first kappa shape index (κ1) is 19.0. The molecule has 1 N–H and O–H groups in total. The zero-order valence-corrected chi connectivity index (χ0v) is 16.4. The second-order valence-electron chi connectivity index (χ2n) is 6.68. The monoisotopic (exact) mass is 397 g/mol. The SMILES string of the molecule is O=C(CSc1nc2ccccc2o1)NC(CN1CCOCC1)c1ccccc1. The Kier molecular flexibility index (Phi) is 6.26. The molecule has 1 aromatic heterocycles. The zero-order valence-electron chi connectivity index (χ0n) is 15.5. The molecule has 0 aliphatic carbocycles. The molecule has 0 radical (unpaired) electrons. The van der Waals surface area contributed by atoms with E-state index in [1.165, 1.54) is 11.8 Å². The maximum absolute atomic E-state index is 12.6. The number of oxazole rings is 1. The second-order valence-corrected chi connectivity index (χ2v) is 7.61. The van der Waals surface area contributed by atoms with Crippen LogP contribution in [0.1, 0.15) is 11.6 Å². The first-order valence-electron chi connectivity index (χ1n) is 9.41. The van der Waals surface area contributed by atoms with Gasteiger partial charge in [-0.1, -0.05) is 54.2 Å². The van der Waals surface area contributed by atoms with Gasteiger partial charge in [-0.25, -0.2) is 4.98 Å². The standard InChI is InChI=1S/C21H23N3O3S/c25-20(15-28-21-23-17-8-4-5-9-19(17)27-21)22-18(16-6-2-1-3-7-16)14-24-10-12-26-13-11-24/h1-9,18H,10-15H2,(H,22,25). The highest BCUT2D eigenvalue weighted by atomic mass is 32.2. The van der Waals surface area contributed by atoms with Crippen LogP contribution < -0.4 is 5.32 Å². The Bertz CT molecular complexity index is 876. The number of morpholine rings is 1. The van der Waals surface area contributed by atoms with E-state index in [1.54, 1.807) is 0 Å². The van der Waals surface area contributed by atoms with Gasteiger partial charge >= 0.3 is 0 Å². The van der Waals surface area contributed by atoms with Gasteiger partial charge in [0.25, 0.3) is 5.22 Å². The van der Waals surface area contributed by atoms with Crippen LogP contribution in [-0.4, -0.2) is 54.4 Å². The summed E-state index contributed by atoms with van der Waals surface area (Å²) in [6, 6.07) is 17.6. The van der Waals surface area contributed by atoms with Crippen LogP contribution in [0.4, 0.5) is 0 Å². The average molecular weight is 398 g/mol. The zero-order chi connectivity index (χ0) is 19.2. The fraction of sp³-hybridized carbons (Fsp3) is 0.333. The summed E-state index contributed by atoms with van der Waals surface area (Å²) in [6.45, 7) is 4.02. The number of ether oxygens (including phenoxy) is 1.